The summed E-state index contributed by atoms with van der Waals surface area (Å²) in [5, 5.41) is 29.9. The molecule has 0 atom stereocenters. The number of aryl methyl sites for hydroxylation is 2. The van der Waals surface area contributed by atoms with Gasteiger partial charge in [0, 0.05) is 12.1 Å². The van der Waals surface area contributed by atoms with Crippen LogP contribution in [0, 0.1) is 0 Å². The Morgan fingerprint density at radius 3 is 1.71 bits per heavy atom. The molecule has 0 aromatic heterocycles. The zero-order valence-corrected chi connectivity index (χ0v) is 12.8. The van der Waals surface area contributed by atoms with Crippen LogP contribution in [0.3, 0.4) is 0 Å². The van der Waals surface area contributed by atoms with E-state index in [1.165, 1.54) is 17.7 Å². The molecule has 21 heavy (non-hydrogen) atoms. The number of phenolic OH excluding ortho intramolecular Hbond substituents is 3. The number of rotatable bonds is 4. The summed E-state index contributed by atoms with van der Waals surface area (Å²) in [6.45, 7) is 6.23. The maximum atomic E-state index is 10.2. The Kier molecular flexibility index (Phi) is 4.41. The molecular formula is C18H22O3. The lowest BCUT2D eigenvalue weighted by Gasteiger charge is -2.19. The first-order valence-electron chi connectivity index (χ1n) is 7.42. The molecule has 0 amide bonds. The lowest BCUT2D eigenvalue weighted by molar-refractivity contribution is 0.430. The van der Waals surface area contributed by atoms with Crippen LogP contribution in [0.15, 0.2) is 24.3 Å². The van der Waals surface area contributed by atoms with Crippen molar-refractivity contribution in [1.29, 1.82) is 0 Å². The largest absolute Gasteiger partial charge is 0.508 e. The molecule has 0 aliphatic carbocycles. The topological polar surface area (TPSA) is 60.7 Å². The zero-order valence-electron chi connectivity index (χ0n) is 12.8. The number of aromatic hydroxyl groups is 3. The third-order valence-corrected chi connectivity index (χ3v) is 3.94. The van der Waals surface area contributed by atoms with Gasteiger partial charge < -0.3 is 15.3 Å². The molecule has 3 N–H and O–H groups in total. The Bertz CT molecular complexity index is 637. The highest BCUT2D eigenvalue weighted by Crippen LogP contribution is 2.44. The Labute approximate surface area is 125 Å². The summed E-state index contributed by atoms with van der Waals surface area (Å²) in [4.78, 5) is 0. The van der Waals surface area contributed by atoms with Gasteiger partial charge >= 0.3 is 0 Å². The van der Waals surface area contributed by atoms with Crippen LogP contribution in [0.25, 0.3) is 11.1 Å². The molecule has 0 unspecified atom stereocenters. The van der Waals surface area contributed by atoms with Gasteiger partial charge in [-0.25, -0.2) is 0 Å². The maximum Gasteiger partial charge on any atom is 0.130 e. The molecule has 2 aromatic carbocycles. The van der Waals surface area contributed by atoms with Gasteiger partial charge in [-0.05, 0) is 41.5 Å². The van der Waals surface area contributed by atoms with Crippen molar-refractivity contribution >= 4 is 0 Å². The van der Waals surface area contributed by atoms with Gasteiger partial charge in [0.1, 0.15) is 17.2 Å². The molecule has 0 spiro atoms. The van der Waals surface area contributed by atoms with Gasteiger partial charge in [0.25, 0.3) is 0 Å². The second kappa shape index (κ2) is 6.08. The average molecular weight is 286 g/mol. The lowest BCUT2D eigenvalue weighted by atomic mass is 9.87. The van der Waals surface area contributed by atoms with Crippen molar-refractivity contribution in [3.8, 4) is 28.4 Å². The fourth-order valence-electron chi connectivity index (χ4n) is 2.93. The maximum absolute atomic E-state index is 10.2. The molecular weight excluding hydrogens is 264 g/mol. The van der Waals surface area contributed by atoms with Gasteiger partial charge in [0.15, 0.2) is 0 Å². The Balaban J connectivity index is 2.84. The van der Waals surface area contributed by atoms with Gasteiger partial charge in [0.2, 0.25) is 0 Å². The molecule has 0 radical (unpaired) electrons. The van der Waals surface area contributed by atoms with Crippen LogP contribution in [0.2, 0.25) is 0 Å². The Morgan fingerprint density at radius 1 is 0.714 bits per heavy atom. The van der Waals surface area contributed by atoms with Gasteiger partial charge in [0.05, 0.1) is 5.56 Å². The molecule has 3 heteroatoms. The Hall–Kier alpha value is -2.16. The van der Waals surface area contributed by atoms with Crippen LogP contribution in [-0.4, -0.2) is 15.3 Å². The van der Waals surface area contributed by atoms with Crippen molar-refractivity contribution in [2.45, 2.75) is 40.0 Å². The lowest BCUT2D eigenvalue weighted by Crippen LogP contribution is -2.00. The van der Waals surface area contributed by atoms with Crippen LogP contribution < -0.4 is 0 Å². The fourth-order valence-corrected chi connectivity index (χ4v) is 2.93. The van der Waals surface area contributed by atoms with Crippen LogP contribution >= 0.6 is 0 Å². The van der Waals surface area contributed by atoms with E-state index >= 15 is 0 Å². The van der Waals surface area contributed by atoms with Gasteiger partial charge in [-0.15, -0.1) is 0 Å². The summed E-state index contributed by atoms with van der Waals surface area (Å²) in [6.07, 6.45) is 2.54. The van der Waals surface area contributed by atoms with Crippen molar-refractivity contribution in [3.63, 3.8) is 0 Å². The van der Waals surface area contributed by atoms with Crippen LogP contribution in [0.5, 0.6) is 17.2 Å². The minimum Gasteiger partial charge on any atom is -0.508 e. The minimum absolute atomic E-state index is 0.0925. The van der Waals surface area contributed by atoms with E-state index in [1.807, 2.05) is 0 Å². The first-order valence-corrected chi connectivity index (χ1v) is 7.42. The molecule has 0 fully saturated rings. The molecule has 112 valence electrons. The summed E-state index contributed by atoms with van der Waals surface area (Å²) in [5.74, 6) is -0.327. The van der Waals surface area contributed by atoms with E-state index in [0.29, 0.717) is 5.56 Å². The van der Waals surface area contributed by atoms with Crippen molar-refractivity contribution in [2.24, 2.45) is 0 Å². The quantitative estimate of drug-likeness (QED) is 0.791. The van der Waals surface area contributed by atoms with E-state index in [4.69, 9.17) is 0 Å². The zero-order chi connectivity index (χ0) is 15.6. The predicted octanol–water partition coefficient (Wildman–Crippen LogP) is 4.16. The molecule has 3 nitrogen and oxygen atoms in total. The third-order valence-electron chi connectivity index (χ3n) is 3.94. The number of hydrogen-bond donors (Lipinski definition) is 3. The van der Waals surface area contributed by atoms with Crippen molar-refractivity contribution in [3.05, 3.63) is 41.0 Å². The van der Waals surface area contributed by atoms with E-state index in [0.717, 1.165) is 36.0 Å². The number of benzene rings is 2. The molecule has 0 aliphatic rings. The second-order valence-corrected chi connectivity index (χ2v) is 5.16. The normalized spacial score (nSPS) is 10.8. The summed E-state index contributed by atoms with van der Waals surface area (Å²) in [5.41, 5.74) is 4.76. The Morgan fingerprint density at radius 2 is 1.24 bits per heavy atom. The molecule has 0 heterocycles. The summed E-state index contributed by atoms with van der Waals surface area (Å²) in [7, 11) is 0. The molecule has 0 saturated carbocycles. The van der Waals surface area contributed by atoms with Gasteiger partial charge in [-0.1, -0.05) is 32.9 Å². The van der Waals surface area contributed by atoms with Crippen molar-refractivity contribution in [2.75, 3.05) is 0 Å². The van der Waals surface area contributed by atoms with Crippen molar-refractivity contribution in [1.82, 2.24) is 0 Å². The molecule has 2 aromatic rings. The van der Waals surface area contributed by atoms with Crippen LogP contribution in [-0.2, 0) is 19.3 Å². The fraction of sp³-hybridized carbons (Fsp3) is 0.333. The smallest absolute Gasteiger partial charge is 0.130 e. The summed E-state index contributed by atoms with van der Waals surface area (Å²) in [6, 6.07) is 6.72. The highest BCUT2D eigenvalue weighted by atomic mass is 16.3. The minimum atomic E-state index is -0.142. The highest BCUT2D eigenvalue weighted by molar-refractivity contribution is 5.82. The van der Waals surface area contributed by atoms with Gasteiger partial charge in [-0.2, -0.15) is 0 Å². The standard InChI is InChI=1S/C18H22O3/c1-4-11-7-8-12(5-2)17(14(11)6-3)18-15(20)9-13(19)10-16(18)21/h7-10,19-21H,4-6H2,1-3H3. The van der Waals surface area contributed by atoms with E-state index in [-0.39, 0.29) is 17.2 Å². The SMILES string of the molecule is CCc1ccc(CC)c(-c2c(O)cc(O)cc2O)c1CC. The summed E-state index contributed by atoms with van der Waals surface area (Å²) < 4.78 is 0. The van der Waals surface area contributed by atoms with E-state index in [2.05, 4.69) is 32.9 Å². The summed E-state index contributed by atoms with van der Waals surface area (Å²) >= 11 is 0. The van der Waals surface area contributed by atoms with Crippen molar-refractivity contribution < 1.29 is 15.3 Å². The first kappa shape index (κ1) is 15.2. The molecule has 0 bridgehead atoms. The number of phenols is 3. The third kappa shape index (κ3) is 2.68. The molecule has 0 aliphatic heterocycles. The van der Waals surface area contributed by atoms with Gasteiger partial charge in [-0.3, -0.25) is 0 Å². The second-order valence-electron chi connectivity index (χ2n) is 5.16. The predicted molar refractivity (Wildman–Crippen MR) is 85.0 cm³/mol. The van der Waals surface area contributed by atoms with Crippen LogP contribution in [0.4, 0.5) is 0 Å². The van der Waals surface area contributed by atoms with E-state index < -0.39 is 0 Å². The first-order chi connectivity index (χ1) is 10.0. The molecule has 2 rings (SSSR count). The van der Waals surface area contributed by atoms with E-state index in [9.17, 15) is 15.3 Å². The van der Waals surface area contributed by atoms with Crippen LogP contribution in [0.1, 0.15) is 37.5 Å². The number of hydrogen-bond acceptors (Lipinski definition) is 3. The monoisotopic (exact) mass is 286 g/mol. The van der Waals surface area contributed by atoms with E-state index in [1.54, 1.807) is 0 Å². The molecule has 0 saturated heterocycles. The average Bonchev–Trinajstić information content (AvgIpc) is 2.45. The highest BCUT2D eigenvalue weighted by Gasteiger charge is 2.19.